The summed E-state index contributed by atoms with van der Waals surface area (Å²) in [5, 5.41) is 21.9. The summed E-state index contributed by atoms with van der Waals surface area (Å²) in [5.74, 6) is 0.285. The maximum atomic E-state index is 12.4. The summed E-state index contributed by atoms with van der Waals surface area (Å²) in [6.45, 7) is 3.79. The van der Waals surface area contributed by atoms with Crippen molar-refractivity contribution in [1.82, 2.24) is 25.1 Å². The topological polar surface area (TPSA) is 130 Å². The van der Waals surface area contributed by atoms with Gasteiger partial charge in [-0.1, -0.05) is 29.5 Å². The van der Waals surface area contributed by atoms with E-state index in [0.717, 1.165) is 5.56 Å². The molecule has 0 aliphatic carbocycles. The lowest BCUT2D eigenvalue weighted by molar-refractivity contribution is -0.114. The summed E-state index contributed by atoms with van der Waals surface area (Å²) < 4.78 is 1.62. The highest BCUT2D eigenvalue weighted by atomic mass is 32.2. The standard InChI is InChI=1S/C25H25N7O3S/c1-16-3-5-18(6-4-16)25(35)26-14-13-22-30-29-21-11-12-24(31-32(21)22)36-15-23(34)28-20-9-7-19(8-10-20)27-17(2)33/h3-12H,13-15H2,1-2H3,(H,26,35)(H,27,33)(H,28,34). The van der Waals surface area contributed by atoms with Crippen LogP contribution in [0.2, 0.25) is 0 Å². The zero-order valence-corrected chi connectivity index (χ0v) is 20.6. The summed E-state index contributed by atoms with van der Waals surface area (Å²) in [5.41, 5.74) is 3.57. The SMILES string of the molecule is CC(=O)Nc1ccc(NC(=O)CSc2ccc3nnc(CCNC(=O)c4ccc(C)cc4)n3n2)cc1. The van der Waals surface area contributed by atoms with Gasteiger partial charge in [0.05, 0.1) is 5.75 Å². The number of amides is 3. The Morgan fingerprint density at radius 3 is 2.28 bits per heavy atom. The van der Waals surface area contributed by atoms with Crippen molar-refractivity contribution in [2.75, 3.05) is 22.9 Å². The number of aryl methyl sites for hydroxylation is 1. The van der Waals surface area contributed by atoms with Gasteiger partial charge in [-0.25, -0.2) is 0 Å². The Labute approximate surface area is 211 Å². The zero-order chi connectivity index (χ0) is 25.5. The number of rotatable bonds is 9. The predicted octanol–water partition coefficient (Wildman–Crippen LogP) is 3.09. The van der Waals surface area contributed by atoms with Crippen molar-refractivity contribution in [3.05, 3.63) is 77.6 Å². The smallest absolute Gasteiger partial charge is 0.251 e. The highest BCUT2D eigenvalue weighted by Gasteiger charge is 2.11. The summed E-state index contributed by atoms with van der Waals surface area (Å²) >= 11 is 1.29. The van der Waals surface area contributed by atoms with Gasteiger partial charge in [0.25, 0.3) is 5.91 Å². The van der Waals surface area contributed by atoms with Gasteiger partial charge >= 0.3 is 0 Å². The van der Waals surface area contributed by atoms with Crippen molar-refractivity contribution >= 4 is 46.5 Å². The number of thioether (sulfide) groups is 1. The van der Waals surface area contributed by atoms with Crippen molar-refractivity contribution in [3.8, 4) is 0 Å². The van der Waals surface area contributed by atoms with Crippen LogP contribution in [0.3, 0.4) is 0 Å². The second-order valence-electron chi connectivity index (χ2n) is 8.03. The van der Waals surface area contributed by atoms with Gasteiger partial charge in [0.2, 0.25) is 11.8 Å². The molecule has 2 aromatic carbocycles. The van der Waals surface area contributed by atoms with Crippen molar-refractivity contribution in [3.63, 3.8) is 0 Å². The molecule has 3 amide bonds. The molecule has 4 rings (SSSR count). The minimum atomic E-state index is -0.183. The summed E-state index contributed by atoms with van der Waals surface area (Å²) in [6.07, 6.45) is 0.453. The number of fused-ring (bicyclic) bond motifs is 1. The first-order valence-electron chi connectivity index (χ1n) is 11.2. The number of nitrogens with zero attached hydrogens (tertiary/aromatic N) is 4. The Morgan fingerprint density at radius 1 is 0.889 bits per heavy atom. The number of nitrogens with one attached hydrogen (secondary N) is 3. The van der Waals surface area contributed by atoms with Gasteiger partial charge in [-0.2, -0.15) is 9.61 Å². The van der Waals surface area contributed by atoms with E-state index in [-0.39, 0.29) is 23.5 Å². The van der Waals surface area contributed by atoms with E-state index in [1.54, 1.807) is 53.0 Å². The van der Waals surface area contributed by atoms with Crippen LogP contribution in [-0.2, 0) is 16.0 Å². The van der Waals surface area contributed by atoms with Crippen molar-refractivity contribution in [2.24, 2.45) is 0 Å². The average molecular weight is 504 g/mol. The highest BCUT2D eigenvalue weighted by molar-refractivity contribution is 7.99. The number of benzene rings is 2. The molecule has 0 aliphatic rings. The molecule has 10 nitrogen and oxygen atoms in total. The molecule has 3 N–H and O–H groups in total. The van der Waals surface area contributed by atoms with Crippen LogP contribution in [0.4, 0.5) is 11.4 Å². The highest BCUT2D eigenvalue weighted by Crippen LogP contribution is 2.18. The summed E-state index contributed by atoms with van der Waals surface area (Å²) in [7, 11) is 0. The lowest BCUT2D eigenvalue weighted by Crippen LogP contribution is -2.26. The number of carbonyl (C=O) groups is 3. The first-order chi connectivity index (χ1) is 17.4. The van der Waals surface area contributed by atoms with Crippen molar-refractivity contribution < 1.29 is 14.4 Å². The monoisotopic (exact) mass is 503 g/mol. The Hall–Kier alpha value is -4.25. The Kier molecular flexibility index (Phi) is 7.91. The maximum Gasteiger partial charge on any atom is 0.251 e. The van der Waals surface area contributed by atoms with Gasteiger partial charge in [0.15, 0.2) is 11.5 Å². The van der Waals surface area contributed by atoms with Gasteiger partial charge in [0.1, 0.15) is 5.03 Å². The third kappa shape index (κ3) is 6.66. The molecular formula is C25H25N7O3S. The van der Waals surface area contributed by atoms with Crippen LogP contribution >= 0.6 is 11.8 Å². The number of carbonyl (C=O) groups excluding carboxylic acids is 3. The second-order valence-corrected chi connectivity index (χ2v) is 9.02. The molecule has 0 saturated carbocycles. The van der Waals surface area contributed by atoms with E-state index in [4.69, 9.17) is 0 Å². The van der Waals surface area contributed by atoms with Crippen LogP contribution in [0.15, 0.2) is 65.7 Å². The Balaban J connectivity index is 1.30. The molecule has 0 spiro atoms. The normalized spacial score (nSPS) is 10.7. The molecule has 0 atom stereocenters. The predicted molar refractivity (Wildman–Crippen MR) is 138 cm³/mol. The molecule has 0 aliphatic heterocycles. The molecule has 0 saturated heterocycles. The third-order valence-corrected chi connectivity index (χ3v) is 6.01. The molecule has 36 heavy (non-hydrogen) atoms. The molecule has 2 aromatic heterocycles. The lowest BCUT2D eigenvalue weighted by atomic mass is 10.1. The average Bonchev–Trinajstić information content (AvgIpc) is 3.26. The molecule has 0 unspecified atom stereocenters. The van der Waals surface area contributed by atoms with E-state index in [1.165, 1.54) is 18.7 Å². The van der Waals surface area contributed by atoms with E-state index < -0.39 is 0 Å². The Morgan fingerprint density at radius 2 is 1.58 bits per heavy atom. The molecule has 2 heterocycles. The number of hydrogen-bond donors (Lipinski definition) is 3. The molecule has 0 fully saturated rings. The fraction of sp³-hybridized carbons (Fsp3) is 0.200. The minimum absolute atomic E-state index is 0.149. The van der Waals surface area contributed by atoms with Crippen LogP contribution in [0, 0.1) is 6.92 Å². The largest absolute Gasteiger partial charge is 0.352 e. The maximum absolute atomic E-state index is 12.4. The van der Waals surface area contributed by atoms with Crippen LogP contribution < -0.4 is 16.0 Å². The fourth-order valence-corrected chi connectivity index (χ4v) is 3.98. The minimum Gasteiger partial charge on any atom is -0.352 e. The van der Waals surface area contributed by atoms with E-state index in [9.17, 15) is 14.4 Å². The van der Waals surface area contributed by atoms with E-state index in [2.05, 4.69) is 31.2 Å². The fourth-order valence-electron chi connectivity index (χ4n) is 3.32. The van der Waals surface area contributed by atoms with Crippen LogP contribution in [-0.4, -0.2) is 49.8 Å². The molecule has 184 valence electrons. The lowest BCUT2D eigenvalue weighted by Gasteiger charge is -2.07. The first-order valence-corrected chi connectivity index (χ1v) is 12.2. The molecule has 0 bridgehead atoms. The van der Waals surface area contributed by atoms with Crippen molar-refractivity contribution in [1.29, 1.82) is 0 Å². The van der Waals surface area contributed by atoms with Gasteiger partial charge in [-0.15, -0.1) is 10.2 Å². The van der Waals surface area contributed by atoms with Crippen LogP contribution in [0.5, 0.6) is 0 Å². The summed E-state index contributed by atoms with van der Waals surface area (Å²) in [6, 6.07) is 17.8. The quantitative estimate of drug-likeness (QED) is 0.299. The van der Waals surface area contributed by atoms with E-state index in [0.29, 0.717) is 46.4 Å². The summed E-state index contributed by atoms with van der Waals surface area (Å²) in [4.78, 5) is 35.8. The van der Waals surface area contributed by atoms with Gasteiger partial charge in [-0.05, 0) is 55.5 Å². The van der Waals surface area contributed by atoms with Crippen LogP contribution in [0.25, 0.3) is 5.65 Å². The molecular weight excluding hydrogens is 478 g/mol. The number of hydrogen-bond acceptors (Lipinski definition) is 7. The van der Waals surface area contributed by atoms with Gasteiger partial charge in [0, 0.05) is 36.8 Å². The third-order valence-electron chi connectivity index (χ3n) is 5.09. The van der Waals surface area contributed by atoms with Crippen molar-refractivity contribution in [2.45, 2.75) is 25.3 Å². The zero-order valence-electron chi connectivity index (χ0n) is 19.8. The first kappa shape index (κ1) is 24.9. The van der Waals surface area contributed by atoms with E-state index >= 15 is 0 Å². The van der Waals surface area contributed by atoms with E-state index in [1.807, 2.05) is 19.1 Å². The van der Waals surface area contributed by atoms with Crippen LogP contribution in [0.1, 0.15) is 28.7 Å². The molecule has 11 heteroatoms. The van der Waals surface area contributed by atoms with Gasteiger partial charge in [-0.3, -0.25) is 14.4 Å². The molecule has 0 radical (unpaired) electrons. The van der Waals surface area contributed by atoms with Gasteiger partial charge < -0.3 is 16.0 Å². The second kappa shape index (κ2) is 11.5. The Bertz CT molecular complexity index is 1390. The molecule has 4 aromatic rings. The number of aromatic nitrogens is 4. The number of anilines is 2.